The molecule has 0 amide bonds. The third-order valence-corrected chi connectivity index (χ3v) is 2.95. The summed E-state index contributed by atoms with van der Waals surface area (Å²) in [6.07, 6.45) is -2.58. The molecule has 0 N–H and O–H groups in total. The van der Waals surface area contributed by atoms with Gasteiger partial charge in [0.1, 0.15) is 12.0 Å². The fraction of sp³-hybridized carbons (Fsp3) is 0.182. The Hall–Kier alpha value is -1.60. The van der Waals surface area contributed by atoms with Crippen molar-refractivity contribution in [1.82, 2.24) is 15.0 Å². The first-order chi connectivity index (χ1) is 9.32. The van der Waals surface area contributed by atoms with Gasteiger partial charge < -0.3 is 4.79 Å². The van der Waals surface area contributed by atoms with Gasteiger partial charge in [0.15, 0.2) is 0 Å². The van der Waals surface area contributed by atoms with Gasteiger partial charge in [-0.3, -0.25) is 0 Å². The average molecular weight is 324 g/mol. The molecule has 0 radical (unpaired) electrons. The van der Waals surface area contributed by atoms with E-state index in [1.165, 1.54) is 6.20 Å². The van der Waals surface area contributed by atoms with Gasteiger partial charge in [0.25, 0.3) is 0 Å². The maximum atomic E-state index is 12.6. The molecular weight excluding hydrogens is 318 g/mol. The Kier molecular flexibility index (Phi) is 4.01. The van der Waals surface area contributed by atoms with Crippen molar-refractivity contribution in [2.75, 3.05) is 0 Å². The van der Waals surface area contributed by atoms with Crippen LogP contribution in [0.3, 0.4) is 0 Å². The molecule has 0 spiro atoms. The normalized spacial score (nSPS) is 11.7. The van der Waals surface area contributed by atoms with Gasteiger partial charge in [-0.2, -0.15) is 23.4 Å². The summed E-state index contributed by atoms with van der Waals surface area (Å²) in [7, 11) is 0. The molecule has 0 aliphatic carbocycles. The van der Waals surface area contributed by atoms with Crippen molar-refractivity contribution in [3.63, 3.8) is 0 Å². The lowest BCUT2D eigenvalue weighted by Gasteiger charge is -2.11. The van der Waals surface area contributed by atoms with Crippen LogP contribution in [0.4, 0.5) is 13.2 Å². The highest BCUT2D eigenvalue weighted by molar-refractivity contribution is 6.37. The van der Waals surface area contributed by atoms with Gasteiger partial charge in [-0.25, -0.2) is 0 Å². The van der Waals surface area contributed by atoms with Crippen molar-refractivity contribution in [2.45, 2.75) is 12.6 Å². The van der Waals surface area contributed by atoms with E-state index < -0.39 is 11.7 Å². The van der Waals surface area contributed by atoms with Crippen LogP contribution in [0.5, 0.6) is 0 Å². The number of aldehydes is 1. The molecule has 1 aromatic carbocycles. The fourth-order valence-electron chi connectivity index (χ4n) is 1.50. The molecule has 0 bridgehead atoms. The Balaban J connectivity index is 2.49. The third-order valence-electron chi connectivity index (χ3n) is 2.38. The molecule has 4 nitrogen and oxygen atoms in total. The molecule has 2 rings (SSSR count). The molecule has 0 aliphatic heterocycles. The van der Waals surface area contributed by atoms with Crippen molar-refractivity contribution < 1.29 is 18.0 Å². The molecule has 0 saturated heterocycles. The zero-order chi connectivity index (χ0) is 14.9. The molecule has 2 aromatic rings. The van der Waals surface area contributed by atoms with E-state index in [4.69, 9.17) is 23.2 Å². The Morgan fingerprint density at radius 3 is 2.35 bits per heavy atom. The molecule has 20 heavy (non-hydrogen) atoms. The number of carbonyl (C=O) groups excluding carboxylic acids is 1. The summed E-state index contributed by atoms with van der Waals surface area (Å²) in [4.78, 5) is 11.3. The lowest BCUT2D eigenvalue weighted by atomic mass is 10.2. The minimum absolute atomic E-state index is 0.0264. The summed E-state index contributed by atoms with van der Waals surface area (Å²) in [6, 6.07) is 1.48. The third kappa shape index (κ3) is 2.94. The van der Waals surface area contributed by atoms with Crippen molar-refractivity contribution >= 4 is 29.5 Å². The Bertz CT molecular complexity index is 632. The molecule has 0 atom stereocenters. The van der Waals surface area contributed by atoms with E-state index in [0.717, 1.165) is 16.9 Å². The van der Waals surface area contributed by atoms with E-state index in [0.29, 0.717) is 12.0 Å². The van der Waals surface area contributed by atoms with Crippen LogP contribution in [0.2, 0.25) is 10.0 Å². The summed E-state index contributed by atoms with van der Waals surface area (Å²) < 4.78 is 37.8. The topological polar surface area (TPSA) is 47.8 Å². The molecule has 0 fully saturated rings. The van der Waals surface area contributed by atoms with Crippen LogP contribution in [0, 0.1) is 0 Å². The van der Waals surface area contributed by atoms with Gasteiger partial charge in [0.05, 0.1) is 27.5 Å². The first kappa shape index (κ1) is 14.8. The molecule has 9 heteroatoms. The monoisotopic (exact) mass is 323 g/mol. The first-order valence-corrected chi connectivity index (χ1v) is 6.00. The molecule has 1 heterocycles. The fourth-order valence-corrected chi connectivity index (χ4v) is 2.14. The van der Waals surface area contributed by atoms with Crippen molar-refractivity contribution in [3.05, 3.63) is 39.6 Å². The number of carbonyl (C=O) groups is 1. The molecule has 0 aliphatic rings. The molecule has 0 unspecified atom stereocenters. The Morgan fingerprint density at radius 1 is 1.25 bits per heavy atom. The van der Waals surface area contributed by atoms with Crippen LogP contribution in [-0.4, -0.2) is 21.3 Å². The number of hydrogen-bond acceptors (Lipinski definition) is 3. The molecular formula is C11H6Cl2F3N3O. The summed E-state index contributed by atoms with van der Waals surface area (Å²) in [5, 5.41) is 7.25. The standard InChI is InChI=1S/C11H6Cl2F3N3O/c12-8-3-6(11(14,15)16)4-9(13)10(8)19-17-5-7(18-19)1-2-20/h2-5H,1H2. The highest BCUT2D eigenvalue weighted by Gasteiger charge is 2.32. The zero-order valence-corrected chi connectivity index (χ0v) is 11.2. The second-order valence-electron chi connectivity index (χ2n) is 3.78. The minimum Gasteiger partial charge on any atom is -0.303 e. The van der Waals surface area contributed by atoms with E-state index in [1.54, 1.807) is 0 Å². The first-order valence-electron chi connectivity index (χ1n) is 5.24. The van der Waals surface area contributed by atoms with Crippen molar-refractivity contribution in [3.8, 4) is 5.69 Å². The van der Waals surface area contributed by atoms with Crippen LogP contribution in [0.1, 0.15) is 11.3 Å². The molecule has 1 aromatic heterocycles. The second kappa shape index (κ2) is 5.41. The zero-order valence-electron chi connectivity index (χ0n) is 9.66. The highest BCUT2D eigenvalue weighted by Crippen LogP contribution is 2.36. The van der Waals surface area contributed by atoms with E-state index >= 15 is 0 Å². The van der Waals surface area contributed by atoms with E-state index in [2.05, 4.69) is 10.2 Å². The Morgan fingerprint density at radius 2 is 1.85 bits per heavy atom. The molecule has 106 valence electrons. The van der Waals surface area contributed by atoms with Crippen LogP contribution >= 0.6 is 23.2 Å². The summed E-state index contributed by atoms with van der Waals surface area (Å²) in [5.41, 5.74) is -0.581. The maximum Gasteiger partial charge on any atom is 0.416 e. The predicted octanol–water partition coefficient (Wildman–Crippen LogP) is 3.33. The van der Waals surface area contributed by atoms with Crippen molar-refractivity contribution in [1.29, 1.82) is 0 Å². The number of hydrogen-bond donors (Lipinski definition) is 0. The summed E-state index contributed by atoms with van der Waals surface area (Å²) >= 11 is 11.6. The van der Waals surface area contributed by atoms with Gasteiger partial charge in [0, 0.05) is 6.42 Å². The summed E-state index contributed by atoms with van der Waals surface area (Å²) in [6.45, 7) is 0. The van der Waals surface area contributed by atoms with Gasteiger partial charge in [-0.05, 0) is 12.1 Å². The number of rotatable bonds is 3. The van der Waals surface area contributed by atoms with Crippen LogP contribution in [-0.2, 0) is 17.4 Å². The minimum atomic E-state index is -4.55. The smallest absolute Gasteiger partial charge is 0.303 e. The van der Waals surface area contributed by atoms with E-state index in [1.807, 2.05) is 0 Å². The predicted molar refractivity (Wildman–Crippen MR) is 66.1 cm³/mol. The average Bonchev–Trinajstić information content (AvgIpc) is 2.76. The van der Waals surface area contributed by atoms with Gasteiger partial charge in [0.2, 0.25) is 0 Å². The number of nitrogens with zero attached hydrogens (tertiary/aromatic N) is 3. The SMILES string of the molecule is O=CCc1cnn(-c2c(Cl)cc(C(F)(F)F)cc2Cl)n1. The quantitative estimate of drug-likeness (QED) is 0.814. The molecule has 0 saturated carbocycles. The second-order valence-corrected chi connectivity index (χ2v) is 4.60. The van der Waals surface area contributed by atoms with E-state index in [-0.39, 0.29) is 22.2 Å². The summed E-state index contributed by atoms with van der Waals surface area (Å²) in [5.74, 6) is 0. The van der Waals surface area contributed by atoms with Crippen LogP contribution in [0.25, 0.3) is 5.69 Å². The maximum absolute atomic E-state index is 12.6. The highest BCUT2D eigenvalue weighted by atomic mass is 35.5. The van der Waals surface area contributed by atoms with Crippen molar-refractivity contribution in [2.24, 2.45) is 0 Å². The van der Waals surface area contributed by atoms with Crippen LogP contribution < -0.4 is 0 Å². The number of aromatic nitrogens is 3. The van der Waals surface area contributed by atoms with Gasteiger partial charge >= 0.3 is 6.18 Å². The number of halogens is 5. The van der Waals surface area contributed by atoms with Gasteiger partial charge in [-0.1, -0.05) is 23.2 Å². The van der Waals surface area contributed by atoms with E-state index in [9.17, 15) is 18.0 Å². The lowest BCUT2D eigenvalue weighted by molar-refractivity contribution is -0.137. The Labute approximate surface area is 121 Å². The largest absolute Gasteiger partial charge is 0.416 e. The number of alkyl halides is 3. The van der Waals surface area contributed by atoms with Crippen LogP contribution in [0.15, 0.2) is 18.3 Å². The lowest BCUT2D eigenvalue weighted by Crippen LogP contribution is -2.08. The van der Waals surface area contributed by atoms with Gasteiger partial charge in [-0.15, -0.1) is 4.80 Å². The number of benzene rings is 1.